The Morgan fingerprint density at radius 3 is 2.67 bits per heavy atom. The third-order valence-electron chi connectivity index (χ3n) is 5.81. The topological polar surface area (TPSA) is 46.6 Å². The van der Waals surface area contributed by atoms with Gasteiger partial charge in [-0.1, -0.05) is 18.2 Å². The zero-order valence-corrected chi connectivity index (χ0v) is 15.3. The van der Waals surface area contributed by atoms with Gasteiger partial charge in [-0.25, -0.2) is 9.18 Å². The molecule has 27 heavy (non-hydrogen) atoms. The minimum atomic E-state index is -0.335. The normalized spacial score (nSPS) is 21.4. The van der Waals surface area contributed by atoms with Crippen molar-refractivity contribution in [3.8, 4) is 0 Å². The molecular formula is C22H22FNO3. The molecule has 2 aliphatic rings. The number of hydrogen-bond acceptors (Lipinski definition) is 3. The van der Waals surface area contributed by atoms with Crippen molar-refractivity contribution in [3.63, 3.8) is 0 Å². The van der Waals surface area contributed by atoms with E-state index in [0.717, 1.165) is 30.4 Å². The van der Waals surface area contributed by atoms with Crippen molar-refractivity contribution in [2.75, 3.05) is 13.7 Å². The van der Waals surface area contributed by atoms with Crippen molar-refractivity contribution in [3.05, 3.63) is 70.5 Å². The molecule has 1 saturated heterocycles. The molecule has 5 heteroatoms. The minimum absolute atomic E-state index is 0.0845. The van der Waals surface area contributed by atoms with Crippen LogP contribution in [0, 0.1) is 11.2 Å². The van der Waals surface area contributed by atoms with Gasteiger partial charge in [0, 0.05) is 24.9 Å². The van der Waals surface area contributed by atoms with Crippen LogP contribution in [0.3, 0.4) is 0 Å². The van der Waals surface area contributed by atoms with Crippen LogP contribution in [0.2, 0.25) is 0 Å². The summed E-state index contributed by atoms with van der Waals surface area (Å²) in [6, 6.07) is 12.0. The molecule has 2 aromatic carbocycles. The lowest BCUT2D eigenvalue weighted by Crippen LogP contribution is -2.33. The van der Waals surface area contributed by atoms with Gasteiger partial charge >= 0.3 is 5.97 Å². The van der Waals surface area contributed by atoms with Crippen molar-refractivity contribution in [2.45, 2.75) is 32.2 Å². The molecule has 1 heterocycles. The fraction of sp³-hybridized carbons (Fsp3) is 0.364. The van der Waals surface area contributed by atoms with E-state index in [9.17, 15) is 14.0 Å². The third-order valence-corrected chi connectivity index (χ3v) is 5.81. The number of halogens is 1. The minimum Gasteiger partial charge on any atom is -0.465 e. The van der Waals surface area contributed by atoms with Gasteiger partial charge in [0.25, 0.3) is 0 Å². The van der Waals surface area contributed by atoms with E-state index in [2.05, 4.69) is 0 Å². The average molecular weight is 367 g/mol. The Morgan fingerprint density at radius 1 is 1.15 bits per heavy atom. The van der Waals surface area contributed by atoms with Crippen LogP contribution >= 0.6 is 0 Å². The summed E-state index contributed by atoms with van der Waals surface area (Å²) >= 11 is 0. The number of rotatable bonds is 3. The second-order valence-electron chi connectivity index (χ2n) is 7.70. The van der Waals surface area contributed by atoms with E-state index < -0.39 is 0 Å². The molecule has 2 aromatic rings. The molecule has 140 valence electrons. The number of methoxy groups -OCH3 is 1. The Kier molecular flexibility index (Phi) is 4.46. The number of nitrogens with zero attached hydrogens (tertiary/aromatic N) is 1. The predicted molar refractivity (Wildman–Crippen MR) is 98.7 cm³/mol. The number of likely N-dealkylation sites (tertiary alicyclic amines) is 1. The van der Waals surface area contributed by atoms with E-state index in [1.165, 1.54) is 24.8 Å². The first-order chi connectivity index (χ1) is 13.0. The number of carbonyl (C=O) groups is 2. The standard InChI is InChI=1S/C22H22FNO3/c1-27-21(26)17-5-4-16-8-9-22(11-18(16)10-17)12-20(25)24(14-22)13-15-2-6-19(23)7-3-15/h2-7,10H,8-9,11-14H2,1H3/t22-/m0/s1. The Hall–Kier alpha value is -2.69. The van der Waals surface area contributed by atoms with E-state index in [1.54, 1.807) is 12.1 Å². The van der Waals surface area contributed by atoms with E-state index in [1.807, 2.05) is 23.1 Å². The first-order valence-corrected chi connectivity index (χ1v) is 9.20. The number of amides is 1. The lowest BCUT2D eigenvalue weighted by molar-refractivity contribution is -0.128. The second-order valence-corrected chi connectivity index (χ2v) is 7.70. The van der Waals surface area contributed by atoms with E-state index >= 15 is 0 Å². The highest BCUT2D eigenvalue weighted by atomic mass is 19.1. The molecule has 0 aromatic heterocycles. The molecule has 0 radical (unpaired) electrons. The van der Waals surface area contributed by atoms with Gasteiger partial charge in [0.05, 0.1) is 12.7 Å². The van der Waals surface area contributed by atoms with Gasteiger partial charge in [0.15, 0.2) is 0 Å². The average Bonchev–Trinajstić information content (AvgIpc) is 2.96. The van der Waals surface area contributed by atoms with Crippen molar-refractivity contribution in [1.29, 1.82) is 0 Å². The highest BCUT2D eigenvalue weighted by molar-refractivity contribution is 5.89. The van der Waals surface area contributed by atoms with E-state index in [0.29, 0.717) is 25.1 Å². The second kappa shape index (κ2) is 6.80. The molecule has 1 atom stereocenters. The van der Waals surface area contributed by atoms with E-state index in [4.69, 9.17) is 4.74 Å². The monoisotopic (exact) mass is 367 g/mol. The molecule has 1 fully saturated rings. The summed E-state index contributed by atoms with van der Waals surface area (Å²) in [6.07, 6.45) is 3.19. The number of esters is 1. The van der Waals surface area contributed by atoms with Crippen molar-refractivity contribution >= 4 is 11.9 Å². The first kappa shape index (κ1) is 17.7. The van der Waals surface area contributed by atoms with Crippen LogP contribution in [0.4, 0.5) is 4.39 Å². The van der Waals surface area contributed by atoms with Crippen LogP contribution in [-0.2, 0) is 28.9 Å². The molecule has 1 aliphatic carbocycles. The van der Waals surface area contributed by atoms with Gasteiger partial charge in [-0.15, -0.1) is 0 Å². The molecule has 1 amide bonds. The predicted octanol–water partition coefficient (Wildman–Crippen LogP) is 3.52. The summed E-state index contributed by atoms with van der Waals surface area (Å²) < 4.78 is 17.9. The van der Waals surface area contributed by atoms with Crippen molar-refractivity contribution in [1.82, 2.24) is 4.90 Å². The highest BCUT2D eigenvalue weighted by Crippen LogP contribution is 2.43. The van der Waals surface area contributed by atoms with Gasteiger partial charge < -0.3 is 9.64 Å². The van der Waals surface area contributed by atoms with Crippen LogP contribution < -0.4 is 0 Å². The number of carbonyl (C=O) groups excluding carboxylic acids is 2. The van der Waals surface area contributed by atoms with Gasteiger partial charge in [0.2, 0.25) is 5.91 Å². The number of aryl methyl sites for hydroxylation is 1. The Labute approximate surface area is 157 Å². The molecule has 4 rings (SSSR count). The highest BCUT2D eigenvalue weighted by Gasteiger charge is 2.44. The number of benzene rings is 2. The Morgan fingerprint density at radius 2 is 1.93 bits per heavy atom. The lowest BCUT2D eigenvalue weighted by Gasteiger charge is -2.34. The largest absolute Gasteiger partial charge is 0.465 e. The quantitative estimate of drug-likeness (QED) is 0.780. The molecule has 0 N–H and O–H groups in total. The Bertz CT molecular complexity index is 893. The van der Waals surface area contributed by atoms with E-state index in [-0.39, 0.29) is 23.1 Å². The van der Waals surface area contributed by atoms with Crippen LogP contribution in [0.25, 0.3) is 0 Å². The summed E-state index contributed by atoms with van der Waals surface area (Å²) in [4.78, 5) is 26.3. The van der Waals surface area contributed by atoms with Crippen LogP contribution in [0.15, 0.2) is 42.5 Å². The number of hydrogen-bond donors (Lipinski definition) is 0. The maximum atomic E-state index is 13.1. The molecular weight excluding hydrogens is 345 g/mol. The van der Waals surface area contributed by atoms with Crippen LogP contribution in [0.5, 0.6) is 0 Å². The smallest absolute Gasteiger partial charge is 0.337 e. The lowest BCUT2D eigenvalue weighted by atomic mass is 9.70. The number of ether oxygens (including phenoxy) is 1. The third kappa shape index (κ3) is 3.46. The zero-order valence-electron chi connectivity index (χ0n) is 15.3. The SMILES string of the molecule is COC(=O)c1ccc2c(c1)C[C@@]1(CC2)CC(=O)N(Cc2ccc(F)cc2)C1. The zero-order chi connectivity index (χ0) is 19.0. The fourth-order valence-electron chi connectivity index (χ4n) is 4.39. The molecule has 1 aliphatic heterocycles. The molecule has 0 unspecified atom stereocenters. The van der Waals surface area contributed by atoms with Crippen LogP contribution in [-0.4, -0.2) is 30.4 Å². The maximum absolute atomic E-state index is 13.1. The summed E-state index contributed by atoms with van der Waals surface area (Å²) in [5.41, 5.74) is 3.80. The summed E-state index contributed by atoms with van der Waals surface area (Å²) in [5.74, 6) is -0.460. The summed E-state index contributed by atoms with van der Waals surface area (Å²) in [6.45, 7) is 1.21. The van der Waals surface area contributed by atoms with Gasteiger partial charge in [-0.2, -0.15) is 0 Å². The molecule has 1 spiro atoms. The molecule has 0 saturated carbocycles. The summed E-state index contributed by atoms with van der Waals surface area (Å²) in [5, 5.41) is 0. The maximum Gasteiger partial charge on any atom is 0.337 e. The number of fused-ring (bicyclic) bond motifs is 1. The molecule has 4 nitrogen and oxygen atoms in total. The van der Waals surface area contributed by atoms with Crippen LogP contribution in [0.1, 0.15) is 39.9 Å². The first-order valence-electron chi connectivity index (χ1n) is 9.20. The van der Waals surface area contributed by atoms with Crippen molar-refractivity contribution < 1.29 is 18.7 Å². The summed E-state index contributed by atoms with van der Waals surface area (Å²) in [7, 11) is 1.38. The molecule has 0 bridgehead atoms. The van der Waals surface area contributed by atoms with Crippen molar-refractivity contribution in [2.24, 2.45) is 5.41 Å². The fourth-order valence-corrected chi connectivity index (χ4v) is 4.39. The Balaban J connectivity index is 1.52. The van der Waals surface area contributed by atoms with Gasteiger partial charge in [0.1, 0.15) is 5.82 Å². The van der Waals surface area contributed by atoms with Gasteiger partial charge in [-0.3, -0.25) is 4.79 Å². The van der Waals surface area contributed by atoms with Gasteiger partial charge in [-0.05, 0) is 60.2 Å².